The van der Waals surface area contributed by atoms with Crippen LogP contribution < -0.4 is 9.21 Å². The molecule has 0 saturated carbocycles. The van der Waals surface area contributed by atoms with Crippen LogP contribution in [-0.4, -0.2) is 28.6 Å². The Bertz CT molecular complexity index is 790. The van der Waals surface area contributed by atoms with E-state index >= 15 is 0 Å². The zero-order chi connectivity index (χ0) is 16.4. The number of halogens is 1. The molecule has 0 aromatic heterocycles. The minimum atomic E-state index is -3.53. The van der Waals surface area contributed by atoms with E-state index in [1.807, 2.05) is 31.3 Å². The fourth-order valence-corrected chi connectivity index (χ4v) is 4.48. The first-order chi connectivity index (χ1) is 11.0. The molecule has 1 aliphatic rings. The quantitative estimate of drug-likeness (QED) is 0.866. The highest BCUT2D eigenvalue weighted by atomic mass is 32.2. The van der Waals surface area contributed by atoms with Crippen molar-refractivity contribution in [1.29, 1.82) is 0 Å². The maximum absolute atomic E-state index is 13.0. The number of hydrogen-bond acceptors (Lipinski definition) is 3. The lowest BCUT2D eigenvalue weighted by Crippen LogP contribution is -2.32. The van der Waals surface area contributed by atoms with Gasteiger partial charge in [0.05, 0.1) is 17.1 Å². The molecule has 0 spiro atoms. The van der Waals surface area contributed by atoms with E-state index in [2.05, 4.69) is 4.90 Å². The second-order valence-electron chi connectivity index (χ2n) is 5.72. The third-order valence-corrected chi connectivity index (χ3v) is 5.76. The van der Waals surface area contributed by atoms with E-state index in [0.29, 0.717) is 17.8 Å². The van der Waals surface area contributed by atoms with Gasteiger partial charge in [-0.05, 0) is 36.2 Å². The molecule has 0 N–H and O–H groups in total. The lowest BCUT2D eigenvalue weighted by molar-refractivity contribution is 0.589. The van der Waals surface area contributed by atoms with Crippen molar-refractivity contribution in [3.05, 3.63) is 59.9 Å². The lowest BCUT2D eigenvalue weighted by Gasteiger charge is -2.25. The second-order valence-corrected chi connectivity index (χ2v) is 7.61. The molecule has 0 aliphatic carbocycles. The zero-order valence-electron chi connectivity index (χ0n) is 12.9. The van der Waals surface area contributed by atoms with Gasteiger partial charge < -0.3 is 4.90 Å². The number of anilines is 2. The molecule has 1 heterocycles. The Morgan fingerprint density at radius 2 is 1.65 bits per heavy atom. The van der Waals surface area contributed by atoms with Crippen LogP contribution in [0.1, 0.15) is 12.0 Å². The summed E-state index contributed by atoms with van der Waals surface area (Å²) >= 11 is 0. The number of benzene rings is 2. The summed E-state index contributed by atoms with van der Waals surface area (Å²) in [6.07, 6.45) is 0.758. The molecule has 2 aromatic rings. The molecule has 0 amide bonds. The van der Waals surface area contributed by atoms with E-state index in [4.69, 9.17) is 0 Å². The van der Waals surface area contributed by atoms with Crippen LogP contribution in [0.5, 0.6) is 0 Å². The average Bonchev–Trinajstić information content (AvgIpc) is 2.70. The number of para-hydroxylation sites is 2. The van der Waals surface area contributed by atoms with E-state index in [-0.39, 0.29) is 11.6 Å². The largest absolute Gasteiger partial charge is 0.373 e. The number of rotatable bonds is 3. The first kappa shape index (κ1) is 15.8. The summed E-state index contributed by atoms with van der Waals surface area (Å²) in [5.41, 5.74) is 2.20. The highest BCUT2D eigenvalue weighted by Gasteiger charge is 2.27. The molecule has 2 aromatic carbocycles. The van der Waals surface area contributed by atoms with E-state index in [1.165, 1.54) is 28.6 Å². The summed E-state index contributed by atoms with van der Waals surface area (Å²) < 4.78 is 40.2. The molecular formula is C17H19FN2O2S. The van der Waals surface area contributed by atoms with Crippen LogP contribution in [0.25, 0.3) is 0 Å². The maximum atomic E-state index is 13.0. The first-order valence-electron chi connectivity index (χ1n) is 7.52. The molecular weight excluding hydrogens is 315 g/mol. The van der Waals surface area contributed by atoms with Crippen LogP contribution in [0.2, 0.25) is 0 Å². The van der Waals surface area contributed by atoms with Gasteiger partial charge in [-0.2, -0.15) is 0 Å². The molecule has 0 radical (unpaired) electrons. The van der Waals surface area contributed by atoms with Crippen LogP contribution in [-0.2, 0) is 15.8 Å². The Kier molecular flexibility index (Phi) is 4.26. The maximum Gasteiger partial charge on any atom is 0.239 e. The lowest BCUT2D eigenvalue weighted by atomic mass is 10.2. The van der Waals surface area contributed by atoms with Crippen LogP contribution in [0.15, 0.2) is 48.5 Å². The topological polar surface area (TPSA) is 40.6 Å². The fourth-order valence-electron chi connectivity index (χ4n) is 2.85. The Morgan fingerprint density at radius 3 is 2.35 bits per heavy atom. The van der Waals surface area contributed by atoms with Gasteiger partial charge in [0.25, 0.3) is 0 Å². The third-order valence-electron chi connectivity index (χ3n) is 4.01. The van der Waals surface area contributed by atoms with E-state index in [1.54, 1.807) is 0 Å². The molecule has 1 aliphatic heterocycles. The fraction of sp³-hybridized carbons (Fsp3) is 0.294. The van der Waals surface area contributed by atoms with Crippen LogP contribution >= 0.6 is 0 Å². The summed E-state index contributed by atoms with van der Waals surface area (Å²) in [7, 11) is -1.56. The summed E-state index contributed by atoms with van der Waals surface area (Å²) in [5, 5.41) is 0. The predicted octanol–water partition coefficient (Wildman–Crippen LogP) is 3.00. The van der Waals surface area contributed by atoms with Gasteiger partial charge in [-0.15, -0.1) is 0 Å². The van der Waals surface area contributed by atoms with Gasteiger partial charge in [-0.1, -0.05) is 24.3 Å². The van der Waals surface area contributed by atoms with Crippen molar-refractivity contribution in [2.75, 3.05) is 29.3 Å². The number of sulfonamides is 1. The number of nitrogens with zero attached hydrogens (tertiary/aromatic N) is 2. The molecule has 23 heavy (non-hydrogen) atoms. The molecule has 3 rings (SSSR count). The van der Waals surface area contributed by atoms with Crippen LogP contribution in [0.3, 0.4) is 0 Å². The first-order valence-corrected chi connectivity index (χ1v) is 9.13. The molecule has 0 unspecified atom stereocenters. The van der Waals surface area contributed by atoms with Gasteiger partial charge in [0.1, 0.15) is 5.82 Å². The molecule has 0 fully saturated rings. The van der Waals surface area contributed by atoms with Crippen molar-refractivity contribution in [3.63, 3.8) is 0 Å². The monoisotopic (exact) mass is 334 g/mol. The molecule has 0 saturated heterocycles. The highest BCUT2D eigenvalue weighted by molar-refractivity contribution is 7.92. The standard InChI is InChI=1S/C17H19FN2O2S/c1-19-11-4-12-20(17-6-3-2-5-16(17)19)23(21,22)13-14-7-9-15(18)10-8-14/h2-3,5-10H,4,11-13H2,1H3. The van der Waals surface area contributed by atoms with E-state index in [0.717, 1.165) is 18.7 Å². The SMILES string of the molecule is CN1CCCN(S(=O)(=O)Cc2ccc(F)cc2)c2ccccc21. The third kappa shape index (κ3) is 3.32. The molecule has 4 nitrogen and oxygen atoms in total. The summed E-state index contributed by atoms with van der Waals surface area (Å²) in [6.45, 7) is 1.25. The van der Waals surface area contributed by atoms with Crippen molar-refractivity contribution < 1.29 is 12.8 Å². The summed E-state index contributed by atoms with van der Waals surface area (Å²) in [4.78, 5) is 2.07. The number of hydrogen-bond donors (Lipinski definition) is 0. The van der Waals surface area contributed by atoms with Gasteiger partial charge in [0.15, 0.2) is 0 Å². The number of fused-ring (bicyclic) bond motifs is 1. The minimum absolute atomic E-state index is 0.134. The summed E-state index contributed by atoms with van der Waals surface area (Å²) in [6, 6.07) is 13.1. The van der Waals surface area contributed by atoms with Crippen molar-refractivity contribution in [2.45, 2.75) is 12.2 Å². The Labute approximate surface area is 136 Å². The van der Waals surface area contributed by atoms with Gasteiger partial charge in [-0.25, -0.2) is 12.8 Å². The molecule has 0 atom stereocenters. The minimum Gasteiger partial charge on any atom is -0.373 e. The van der Waals surface area contributed by atoms with Gasteiger partial charge in [0, 0.05) is 20.1 Å². The van der Waals surface area contributed by atoms with Crippen LogP contribution in [0, 0.1) is 5.82 Å². The molecule has 6 heteroatoms. The van der Waals surface area contributed by atoms with Crippen LogP contribution in [0.4, 0.5) is 15.8 Å². The van der Waals surface area contributed by atoms with E-state index < -0.39 is 10.0 Å². The van der Waals surface area contributed by atoms with Crippen molar-refractivity contribution in [1.82, 2.24) is 0 Å². The van der Waals surface area contributed by atoms with Gasteiger partial charge >= 0.3 is 0 Å². The smallest absolute Gasteiger partial charge is 0.239 e. The molecule has 0 bridgehead atoms. The Balaban J connectivity index is 1.95. The van der Waals surface area contributed by atoms with Gasteiger partial charge in [0.2, 0.25) is 10.0 Å². The molecule has 122 valence electrons. The highest BCUT2D eigenvalue weighted by Crippen LogP contribution is 2.33. The second kappa shape index (κ2) is 6.20. The zero-order valence-corrected chi connectivity index (χ0v) is 13.8. The van der Waals surface area contributed by atoms with Crippen molar-refractivity contribution >= 4 is 21.4 Å². The van der Waals surface area contributed by atoms with E-state index in [9.17, 15) is 12.8 Å². The predicted molar refractivity (Wildman–Crippen MR) is 90.7 cm³/mol. The Hall–Kier alpha value is -2.08. The average molecular weight is 334 g/mol. The van der Waals surface area contributed by atoms with Gasteiger partial charge in [-0.3, -0.25) is 4.31 Å². The normalized spacial score (nSPS) is 15.2. The Morgan fingerprint density at radius 1 is 1.00 bits per heavy atom. The van der Waals surface area contributed by atoms with Crippen molar-refractivity contribution in [3.8, 4) is 0 Å². The van der Waals surface area contributed by atoms with Crippen molar-refractivity contribution in [2.24, 2.45) is 0 Å². The summed E-state index contributed by atoms with van der Waals surface area (Å²) in [5.74, 6) is -0.501.